The van der Waals surface area contributed by atoms with Crippen LogP contribution in [-0.2, 0) is 4.74 Å². The molecule has 1 atom stereocenters. The van der Waals surface area contributed by atoms with Crippen LogP contribution in [0.15, 0.2) is 24.3 Å². The van der Waals surface area contributed by atoms with Crippen LogP contribution in [0, 0.1) is 0 Å². The van der Waals surface area contributed by atoms with E-state index in [0.717, 1.165) is 25.2 Å². The molecule has 1 aliphatic rings. The molecule has 2 N–H and O–H groups in total. The SMILES string of the molecule is COC(=O)N1CCC(c2cccc(N)c2)C1. The van der Waals surface area contributed by atoms with Crippen LogP contribution in [0.1, 0.15) is 17.9 Å². The standard InChI is InChI=1S/C12H16N2O2/c1-16-12(15)14-6-5-10(8-14)9-3-2-4-11(13)7-9/h2-4,7,10H,5-6,8,13H2,1H3. The highest BCUT2D eigenvalue weighted by atomic mass is 16.5. The van der Waals surface area contributed by atoms with Crippen LogP contribution in [0.3, 0.4) is 0 Å². The summed E-state index contributed by atoms with van der Waals surface area (Å²) in [6.45, 7) is 1.47. The fourth-order valence-corrected chi connectivity index (χ4v) is 2.14. The Kier molecular flexibility index (Phi) is 2.99. The van der Waals surface area contributed by atoms with E-state index in [4.69, 9.17) is 10.5 Å². The van der Waals surface area contributed by atoms with Gasteiger partial charge in [0.15, 0.2) is 0 Å². The zero-order valence-corrected chi connectivity index (χ0v) is 9.35. The average molecular weight is 220 g/mol. The molecule has 1 fully saturated rings. The van der Waals surface area contributed by atoms with Crippen LogP contribution in [0.5, 0.6) is 0 Å². The van der Waals surface area contributed by atoms with Gasteiger partial charge in [-0.2, -0.15) is 0 Å². The molecule has 4 nitrogen and oxygen atoms in total. The van der Waals surface area contributed by atoms with Gasteiger partial charge in [-0.25, -0.2) is 4.79 Å². The second-order valence-corrected chi connectivity index (χ2v) is 4.07. The Labute approximate surface area is 95.0 Å². The Morgan fingerprint density at radius 3 is 3.06 bits per heavy atom. The van der Waals surface area contributed by atoms with Crippen LogP contribution in [0.25, 0.3) is 0 Å². The number of carbonyl (C=O) groups excluding carboxylic acids is 1. The highest BCUT2D eigenvalue weighted by Gasteiger charge is 2.27. The van der Waals surface area contributed by atoms with Crippen molar-refractivity contribution in [1.82, 2.24) is 4.90 Å². The zero-order valence-electron chi connectivity index (χ0n) is 9.35. The van der Waals surface area contributed by atoms with E-state index in [9.17, 15) is 4.79 Å². The Bertz CT molecular complexity index is 392. The summed E-state index contributed by atoms with van der Waals surface area (Å²) >= 11 is 0. The van der Waals surface area contributed by atoms with Crippen molar-refractivity contribution in [2.24, 2.45) is 0 Å². The Morgan fingerprint density at radius 2 is 2.38 bits per heavy atom. The third-order valence-corrected chi connectivity index (χ3v) is 3.00. The van der Waals surface area contributed by atoms with Crippen LogP contribution in [0.2, 0.25) is 0 Å². The van der Waals surface area contributed by atoms with Gasteiger partial charge in [0.2, 0.25) is 0 Å². The number of rotatable bonds is 1. The number of likely N-dealkylation sites (tertiary alicyclic amines) is 1. The number of benzene rings is 1. The smallest absolute Gasteiger partial charge is 0.409 e. The zero-order chi connectivity index (χ0) is 11.5. The molecule has 1 amide bonds. The molecule has 1 aromatic rings. The highest BCUT2D eigenvalue weighted by molar-refractivity contribution is 5.68. The normalized spacial score (nSPS) is 19.8. The number of hydrogen-bond acceptors (Lipinski definition) is 3. The predicted molar refractivity (Wildman–Crippen MR) is 62.2 cm³/mol. The number of carbonyl (C=O) groups is 1. The van der Waals surface area contributed by atoms with Gasteiger partial charge in [0.25, 0.3) is 0 Å². The molecule has 1 saturated heterocycles. The average Bonchev–Trinajstić information content (AvgIpc) is 2.77. The van der Waals surface area contributed by atoms with E-state index >= 15 is 0 Å². The van der Waals surface area contributed by atoms with Crippen LogP contribution >= 0.6 is 0 Å². The first-order valence-corrected chi connectivity index (χ1v) is 5.39. The maximum Gasteiger partial charge on any atom is 0.409 e. The Hall–Kier alpha value is -1.71. The van der Waals surface area contributed by atoms with Crippen molar-refractivity contribution in [2.45, 2.75) is 12.3 Å². The first kappa shape index (κ1) is 10.8. The molecule has 16 heavy (non-hydrogen) atoms. The molecule has 0 saturated carbocycles. The third-order valence-electron chi connectivity index (χ3n) is 3.00. The molecular weight excluding hydrogens is 204 g/mol. The maximum atomic E-state index is 11.3. The molecule has 0 aliphatic carbocycles. The molecule has 0 aromatic heterocycles. The van der Waals surface area contributed by atoms with E-state index in [1.54, 1.807) is 4.90 Å². The van der Waals surface area contributed by atoms with E-state index in [1.165, 1.54) is 12.7 Å². The second kappa shape index (κ2) is 4.43. The van der Waals surface area contributed by atoms with Gasteiger partial charge in [0, 0.05) is 24.7 Å². The van der Waals surface area contributed by atoms with Gasteiger partial charge < -0.3 is 15.4 Å². The van der Waals surface area contributed by atoms with Gasteiger partial charge in [-0.3, -0.25) is 0 Å². The molecule has 0 radical (unpaired) electrons. The largest absolute Gasteiger partial charge is 0.453 e. The summed E-state index contributed by atoms with van der Waals surface area (Å²) in [7, 11) is 1.41. The van der Waals surface area contributed by atoms with Crippen LogP contribution < -0.4 is 5.73 Å². The van der Waals surface area contributed by atoms with Crippen molar-refractivity contribution in [1.29, 1.82) is 0 Å². The summed E-state index contributed by atoms with van der Waals surface area (Å²) in [4.78, 5) is 13.1. The molecule has 1 aliphatic heterocycles. The Balaban J connectivity index is 2.06. The number of nitrogen functional groups attached to an aromatic ring is 1. The summed E-state index contributed by atoms with van der Waals surface area (Å²) in [6, 6.07) is 7.86. The lowest BCUT2D eigenvalue weighted by Gasteiger charge is -2.14. The quantitative estimate of drug-likeness (QED) is 0.734. The number of methoxy groups -OCH3 is 1. The minimum absolute atomic E-state index is 0.244. The highest BCUT2D eigenvalue weighted by Crippen LogP contribution is 2.28. The number of hydrogen-bond donors (Lipinski definition) is 1. The summed E-state index contributed by atoms with van der Waals surface area (Å²) in [6.07, 6.45) is 0.727. The second-order valence-electron chi connectivity index (χ2n) is 4.07. The fraction of sp³-hybridized carbons (Fsp3) is 0.417. The summed E-state index contributed by atoms with van der Waals surface area (Å²) in [5.41, 5.74) is 7.71. The lowest BCUT2D eigenvalue weighted by Crippen LogP contribution is -2.28. The summed E-state index contributed by atoms with van der Waals surface area (Å²) < 4.78 is 4.70. The van der Waals surface area contributed by atoms with Gasteiger partial charge in [0.1, 0.15) is 0 Å². The lowest BCUT2D eigenvalue weighted by atomic mass is 9.98. The monoisotopic (exact) mass is 220 g/mol. The first-order valence-electron chi connectivity index (χ1n) is 5.39. The molecule has 2 rings (SSSR count). The van der Waals surface area contributed by atoms with Crippen molar-refractivity contribution < 1.29 is 9.53 Å². The van der Waals surface area contributed by atoms with Gasteiger partial charge in [-0.1, -0.05) is 12.1 Å². The molecule has 1 heterocycles. The van der Waals surface area contributed by atoms with E-state index in [0.29, 0.717) is 5.92 Å². The molecule has 1 aromatic carbocycles. The predicted octanol–water partition coefficient (Wildman–Crippen LogP) is 1.82. The van der Waals surface area contributed by atoms with E-state index in [-0.39, 0.29) is 6.09 Å². The first-order chi connectivity index (χ1) is 7.70. The number of nitrogens with two attached hydrogens (primary N) is 1. The van der Waals surface area contributed by atoms with E-state index < -0.39 is 0 Å². The third kappa shape index (κ3) is 2.10. The van der Waals surface area contributed by atoms with E-state index in [2.05, 4.69) is 6.07 Å². The minimum atomic E-state index is -0.244. The molecule has 4 heteroatoms. The number of amides is 1. The van der Waals surface area contributed by atoms with Gasteiger partial charge in [-0.05, 0) is 24.1 Å². The molecule has 0 bridgehead atoms. The summed E-state index contributed by atoms with van der Waals surface area (Å²) in [5.74, 6) is 0.377. The lowest BCUT2D eigenvalue weighted by molar-refractivity contribution is 0.132. The Morgan fingerprint density at radius 1 is 1.56 bits per heavy atom. The van der Waals surface area contributed by atoms with Crippen molar-refractivity contribution in [2.75, 3.05) is 25.9 Å². The van der Waals surface area contributed by atoms with Gasteiger partial charge >= 0.3 is 6.09 Å². The van der Waals surface area contributed by atoms with E-state index in [1.807, 2.05) is 18.2 Å². The van der Waals surface area contributed by atoms with Crippen molar-refractivity contribution in [3.8, 4) is 0 Å². The summed E-state index contributed by atoms with van der Waals surface area (Å²) in [5, 5.41) is 0. The topological polar surface area (TPSA) is 55.6 Å². The van der Waals surface area contributed by atoms with Crippen LogP contribution in [-0.4, -0.2) is 31.2 Å². The molecule has 86 valence electrons. The molecular formula is C12H16N2O2. The maximum absolute atomic E-state index is 11.3. The van der Waals surface area contributed by atoms with Crippen molar-refractivity contribution in [3.63, 3.8) is 0 Å². The number of nitrogens with zero attached hydrogens (tertiary/aromatic N) is 1. The van der Waals surface area contributed by atoms with Gasteiger partial charge in [-0.15, -0.1) is 0 Å². The minimum Gasteiger partial charge on any atom is -0.453 e. The van der Waals surface area contributed by atoms with Crippen molar-refractivity contribution in [3.05, 3.63) is 29.8 Å². The molecule has 0 spiro atoms. The fourth-order valence-electron chi connectivity index (χ4n) is 2.14. The number of anilines is 1. The van der Waals surface area contributed by atoms with Crippen molar-refractivity contribution >= 4 is 11.8 Å². The van der Waals surface area contributed by atoms with Gasteiger partial charge in [0.05, 0.1) is 7.11 Å². The number of ether oxygens (including phenoxy) is 1. The molecule has 1 unspecified atom stereocenters. The van der Waals surface area contributed by atoms with Crippen LogP contribution in [0.4, 0.5) is 10.5 Å².